The molecule has 1 atom stereocenters. The van der Waals surface area contributed by atoms with Gasteiger partial charge in [0, 0.05) is 52.3 Å². The van der Waals surface area contributed by atoms with Crippen molar-refractivity contribution in [2.24, 2.45) is 0 Å². The summed E-state index contributed by atoms with van der Waals surface area (Å²) in [6.07, 6.45) is 2.18. The van der Waals surface area contributed by atoms with E-state index in [0.29, 0.717) is 0 Å². The molecule has 2 aliphatic heterocycles. The van der Waals surface area contributed by atoms with Crippen molar-refractivity contribution >= 4 is 22.2 Å². The number of morpholine rings is 1. The van der Waals surface area contributed by atoms with Crippen LogP contribution in [0.5, 0.6) is 11.5 Å². The average molecular weight is 596 g/mol. The molecule has 1 saturated heterocycles. The highest BCUT2D eigenvalue weighted by Gasteiger charge is 2.46. The van der Waals surface area contributed by atoms with Crippen molar-refractivity contribution in [3.05, 3.63) is 131 Å². The molecule has 5 nitrogen and oxygen atoms in total. The monoisotopic (exact) mass is 595 g/mol. The Kier molecular flexibility index (Phi) is 6.43. The largest absolute Gasteiger partial charge is 0.497 e. The second kappa shape index (κ2) is 10.4. The van der Waals surface area contributed by atoms with Gasteiger partial charge >= 0.3 is 0 Å². The van der Waals surface area contributed by atoms with Crippen LogP contribution < -0.4 is 14.4 Å². The lowest BCUT2D eigenvalue weighted by Gasteiger charge is -2.39. The third kappa shape index (κ3) is 4.10. The summed E-state index contributed by atoms with van der Waals surface area (Å²) in [4.78, 5) is 2.37. The van der Waals surface area contributed by atoms with Gasteiger partial charge in [0.1, 0.15) is 17.3 Å². The van der Waals surface area contributed by atoms with Crippen molar-refractivity contribution in [2.45, 2.75) is 24.9 Å². The Labute approximate surface area is 264 Å². The number of rotatable bonds is 5. The predicted molar refractivity (Wildman–Crippen MR) is 180 cm³/mol. The molecule has 5 heteroatoms. The first kappa shape index (κ1) is 27.8. The third-order valence-electron chi connectivity index (χ3n) is 9.90. The van der Waals surface area contributed by atoms with Crippen molar-refractivity contribution < 1.29 is 18.9 Å². The normalized spacial score (nSPS) is 19.6. The molecule has 1 fully saturated rings. The average Bonchev–Trinajstić information content (AvgIpc) is 3.35. The maximum Gasteiger partial charge on any atom is 0.181 e. The molecule has 1 unspecified atom stereocenters. The smallest absolute Gasteiger partial charge is 0.181 e. The van der Waals surface area contributed by atoms with E-state index in [1.807, 2.05) is 12.1 Å². The zero-order chi connectivity index (χ0) is 30.8. The fourth-order valence-electron chi connectivity index (χ4n) is 7.69. The highest BCUT2D eigenvalue weighted by Crippen LogP contribution is 2.60. The van der Waals surface area contributed by atoms with Crippen LogP contribution in [-0.4, -0.2) is 40.5 Å². The minimum Gasteiger partial charge on any atom is -0.497 e. The van der Waals surface area contributed by atoms with Crippen LogP contribution in [0.1, 0.15) is 41.7 Å². The van der Waals surface area contributed by atoms with E-state index in [1.54, 1.807) is 14.2 Å². The molecule has 0 radical (unpaired) electrons. The van der Waals surface area contributed by atoms with Crippen LogP contribution in [0.15, 0.2) is 103 Å². The molecule has 0 spiro atoms. The highest BCUT2D eigenvalue weighted by atomic mass is 16.5. The predicted octanol–water partition coefficient (Wildman–Crippen LogP) is 8.31. The molecule has 1 aliphatic carbocycles. The zero-order valence-electron chi connectivity index (χ0n) is 26.2. The molecule has 0 N–H and O–H groups in total. The van der Waals surface area contributed by atoms with E-state index < -0.39 is 5.60 Å². The van der Waals surface area contributed by atoms with E-state index in [9.17, 15) is 0 Å². The van der Waals surface area contributed by atoms with Gasteiger partial charge in [-0.2, -0.15) is 0 Å². The van der Waals surface area contributed by atoms with Gasteiger partial charge in [-0.15, -0.1) is 0 Å². The van der Waals surface area contributed by atoms with Crippen molar-refractivity contribution in [3.8, 4) is 22.6 Å². The quantitative estimate of drug-likeness (QED) is 0.204. The maximum atomic E-state index is 7.47. The molecule has 5 aromatic carbocycles. The van der Waals surface area contributed by atoms with E-state index in [1.165, 1.54) is 27.9 Å². The Morgan fingerprint density at radius 3 is 2.16 bits per heavy atom. The lowest BCUT2D eigenvalue weighted by atomic mass is 9.77. The molecule has 5 aromatic rings. The number of nitrogens with zero attached hydrogens (tertiary/aromatic N) is 1. The Morgan fingerprint density at radius 1 is 0.711 bits per heavy atom. The van der Waals surface area contributed by atoms with Crippen LogP contribution in [0.2, 0.25) is 0 Å². The fourth-order valence-corrected chi connectivity index (χ4v) is 7.69. The number of fused-ring (bicyclic) bond motifs is 8. The summed E-state index contributed by atoms with van der Waals surface area (Å²) in [5.74, 6) is 2.45. The summed E-state index contributed by atoms with van der Waals surface area (Å²) in [5.41, 5.74) is 8.06. The fraction of sp³-hybridized carbons (Fsp3) is 0.250. The molecule has 226 valence electrons. The van der Waals surface area contributed by atoms with E-state index >= 15 is 0 Å². The molecular weight excluding hydrogens is 558 g/mol. The number of ether oxygens (including phenoxy) is 4. The minimum absolute atomic E-state index is 0.228. The summed E-state index contributed by atoms with van der Waals surface area (Å²) in [7, 11) is 3.50. The summed E-state index contributed by atoms with van der Waals surface area (Å²) >= 11 is 0. The second-order valence-corrected chi connectivity index (χ2v) is 12.6. The number of anilines is 1. The Balaban J connectivity index is 1.42. The topological polar surface area (TPSA) is 40.2 Å². The molecule has 0 saturated carbocycles. The Morgan fingerprint density at radius 2 is 1.42 bits per heavy atom. The van der Waals surface area contributed by atoms with E-state index in [-0.39, 0.29) is 5.41 Å². The van der Waals surface area contributed by atoms with Crippen molar-refractivity contribution in [2.75, 3.05) is 45.4 Å². The van der Waals surface area contributed by atoms with Gasteiger partial charge in [-0.05, 0) is 52.4 Å². The maximum absolute atomic E-state index is 7.47. The van der Waals surface area contributed by atoms with Crippen LogP contribution in [0.25, 0.3) is 27.7 Å². The molecule has 2 heterocycles. The first-order valence-corrected chi connectivity index (χ1v) is 15.7. The SMILES string of the molecule is COC1=CC(c2ccccc2)(c2ccc(N3CCOCC3)cc2)Oc2c1c1c(c3cc(OC)ccc23)C(C)(C)c2ccccc2-1. The highest BCUT2D eigenvalue weighted by molar-refractivity contribution is 6.07. The lowest BCUT2D eigenvalue weighted by molar-refractivity contribution is 0.122. The molecule has 0 aromatic heterocycles. The van der Waals surface area contributed by atoms with Gasteiger partial charge in [0.25, 0.3) is 0 Å². The Hall–Kier alpha value is -4.74. The first-order valence-electron chi connectivity index (χ1n) is 15.7. The number of hydrogen-bond donors (Lipinski definition) is 0. The minimum atomic E-state index is -0.919. The summed E-state index contributed by atoms with van der Waals surface area (Å²) < 4.78 is 25.2. The van der Waals surface area contributed by atoms with Crippen molar-refractivity contribution in [1.29, 1.82) is 0 Å². The molecule has 0 amide bonds. The van der Waals surface area contributed by atoms with E-state index in [4.69, 9.17) is 18.9 Å². The summed E-state index contributed by atoms with van der Waals surface area (Å²) in [6, 6.07) is 34.3. The van der Waals surface area contributed by atoms with Gasteiger partial charge in [-0.1, -0.05) is 80.6 Å². The number of hydrogen-bond acceptors (Lipinski definition) is 5. The lowest BCUT2D eigenvalue weighted by Crippen LogP contribution is -2.37. The third-order valence-corrected chi connectivity index (χ3v) is 9.90. The summed E-state index contributed by atoms with van der Waals surface area (Å²) in [5, 5.41) is 2.17. The van der Waals surface area contributed by atoms with Gasteiger partial charge in [0.2, 0.25) is 0 Å². The summed E-state index contributed by atoms with van der Waals surface area (Å²) in [6.45, 7) is 7.90. The van der Waals surface area contributed by atoms with Crippen LogP contribution in [-0.2, 0) is 20.5 Å². The number of methoxy groups -OCH3 is 2. The molecular formula is C40H37NO4. The molecule has 45 heavy (non-hydrogen) atoms. The van der Waals surface area contributed by atoms with Crippen molar-refractivity contribution in [1.82, 2.24) is 0 Å². The molecule has 0 bridgehead atoms. The Bertz CT molecular complexity index is 1960. The van der Waals surface area contributed by atoms with Crippen LogP contribution in [0, 0.1) is 0 Å². The number of benzene rings is 5. The van der Waals surface area contributed by atoms with Gasteiger partial charge in [0.15, 0.2) is 5.60 Å². The standard InChI is InChI=1S/C40H37NO4/c1-39(2)33-13-9-8-12-31(33)35-36-34(43-4)25-40(26-10-6-5-7-11-26,27-14-16-28(17-15-27)41-20-22-44-23-21-41)45-38(36)30-19-18-29(42-3)24-32(30)37(35)39/h5-19,24-25H,20-23H2,1-4H3. The van der Waals surface area contributed by atoms with Crippen LogP contribution >= 0.6 is 0 Å². The van der Waals surface area contributed by atoms with Crippen molar-refractivity contribution in [3.63, 3.8) is 0 Å². The van der Waals surface area contributed by atoms with Gasteiger partial charge < -0.3 is 23.8 Å². The molecule has 3 aliphatic rings. The van der Waals surface area contributed by atoms with Gasteiger partial charge in [-0.3, -0.25) is 0 Å². The second-order valence-electron chi connectivity index (χ2n) is 12.6. The van der Waals surface area contributed by atoms with Crippen LogP contribution in [0.4, 0.5) is 5.69 Å². The van der Waals surface area contributed by atoms with Crippen LogP contribution in [0.3, 0.4) is 0 Å². The van der Waals surface area contributed by atoms with Gasteiger partial charge in [-0.25, -0.2) is 0 Å². The first-order chi connectivity index (χ1) is 22.0. The van der Waals surface area contributed by atoms with E-state index in [2.05, 4.69) is 110 Å². The molecule has 8 rings (SSSR count). The van der Waals surface area contributed by atoms with Gasteiger partial charge in [0.05, 0.1) is 33.0 Å². The zero-order valence-corrected chi connectivity index (χ0v) is 26.2. The van der Waals surface area contributed by atoms with E-state index in [0.717, 1.165) is 71.0 Å².